The van der Waals surface area contributed by atoms with Gasteiger partial charge in [-0.25, -0.2) is 9.37 Å². The summed E-state index contributed by atoms with van der Waals surface area (Å²) in [6, 6.07) is 8.52. The second-order valence-corrected chi connectivity index (χ2v) is 8.13. The van der Waals surface area contributed by atoms with Gasteiger partial charge in [0.1, 0.15) is 5.82 Å². The van der Waals surface area contributed by atoms with Crippen LogP contribution in [0.2, 0.25) is 5.02 Å². The van der Waals surface area contributed by atoms with Gasteiger partial charge in [-0.05, 0) is 37.1 Å². The largest absolute Gasteiger partial charge is 0.345 e. The van der Waals surface area contributed by atoms with Gasteiger partial charge in [-0.15, -0.1) is 0 Å². The number of halogens is 2. The molecule has 0 bridgehead atoms. The Hall–Kier alpha value is -2.18. The van der Waals surface area contributed by atoms with Gasteiger partial charge in [0.05, 0.1) is 20.8 Å². The van der Waals surface area contributed by atoms with Crippen LogP contribution in [-0.4, -0.2) is 42.0 Å². The van der Waals surface area contributed by atoms with E-state index < -0.39 is 5.82 Å². The number of aromatic nitrogens is 1. The lowest BCUT2D eigenvalue weighted by Gasteiger charge is -2.34. The predicted molar refractivity (Wildman–Crippen MR) is 109 cm³/mol. The molecule has 7 heteroatoms. The second-order valence-electron chi connectivity index (χ2n) is 6.75. The molecule has 3 aromatic rings. The van der Waals surface area contributed by atoms with Gasteiger partial charge in [0.25, 0.3) is 5.91 Å². The van der Waals surface area contributed by atoms with E-state index in [4.69, 9.17) is 16.6 Å². The Morgan fingerprint density at radius 1 is 1.11 bits per heavy atom. The second kappa shape index (κ2) is 7.09. The maximum absolute atomic E-state index is 14.0. The van der Waals surface area contributed by atoms with Crippen molar-refractivity contribution in [1.82, 2.24) is 9.88 Å². The Balaban J connectivity index is 1.52. The van der Waals surface area contributed by atoms with E-state index >= 15 is 0 Å². The molecule has 0 aliphatic carbocycles. The summed E-state index contributed by atoms with van der Waals surface area (Å²) in [7, 11) is 0. The zero-order valence-electron chi connectivity index (χ0n) is 15.1. The Morgan fingerprint density at radius 2 is 1.81 bits per heavy atom. The number of nitrogens with zero attached hydrogens (tertiary/aromatic N) is 3. The molecular formula is C20H19ClFN3OS. The normalized spacial score (nSPS) is 14.8. The van der Waals surface area contributed by atoms with Gasteiger partial charge >= 0.3 is 0 Å². The molecule has 4 rings (SSSR count). The number of hydrogen-bond acceptors (Lipinski definition) is 4. The molecule has 0 radical (unpaired) electrons. The number of aryl methyl sites for hydroxylation is 2. The van der Waals surface area contributed by atoms with Gasteiger partial charge in [-0.1, -0.05) is 41.1 Å². The van der Waals surface area contributed by atoms with E-state index in [1.165, 1.54) is 28.0 Å². The summed E-state index contributed by atoms with van der Waals surface area (Å²) in [6.07, 6.45) is 0. The molecule has 1 amide bonds. The van der Waals surface area contributed by atoms with E-state index in [-0.39, 0.29) is 16.5 Å². The third-order valence-electron chi connectivity index (χ3n) is 4.94. The van der Waals surface area contributed by atoms with Crippen LogP contribution in [0.5, 0.6) is 0 Å². The fraction of sp³-hybridized carbons (Fsp3) is 0.300. The molecule has 1 saturated heterocycles. The van der Waals surface area contributed by atoms with E-state index in [9.17, 15) is 9.18 Å². The highest BCUT2D eigenvalue weighted by Crippen LogP contribution is 2.33. The van der Waals surface area contributed by atoms with E-state index in [1.807, 2.05) is 0 Å². The summed E-state index contributed by atoms with van der Waals surface area (Å²) in [5, 5.41) is 1.12. The lowest BCUT2D eigenvalue weighted by Crippen LogP contribution is -2.49. The van der Waals surface area contributed by atoms with Crippen molar-refractivity contribution in [2.24, 2.45) is 0 Å². The van der Waals surface area contributed by atoms with Gasteiger partial charge in [0.15, 0.2) is 5.13 Å². The standard InChI is InChI=1S/C20H19ClFN3OS/c1-12-6-7-13(2)18-17(12)23-20(27-18)25-10-8-24(9-11-25)19(26)16-14(21)4-3-5-15(16)22/h3-7H,8-11H2,1-2H3. The van der Waals surface area contributed by atoms with Crippen LogP contribution in [0.4, 0.5) is 9.52 Å². The highest BCUT2D eigenvalue weighted by Gasteiger charge is 2.27. The lowest BCUT2D eigenvalue weighted by atomic mass is 10.1. The number of carbonyl (C=O) groups is 1. The Morgan fingerprint density at radius 3 is 2.48 bits per heavy atom. The quantitative estimate of drug-likeness (QED) is 0.624. The average Bonchev–Trinajstić information content (AvgIpc) is 3.11. The number of piperazine rings is 1. The van der Waals surface area contributed by atoms with Gasteiger partial charge in [0, 0.05) is 26.2 Å². The molecule has 140 valence electrons. The molecular weight excluding hydrogens is 385 g/mol. The van der Waals surface area contributed by atoms with E-state index in [2.05, 4.69) is 30.9 Å². The summed E-state index contributed by atoms with van der Waals surface area (Å²) in [5.74, 6) is -0.930. The van der Waals surface area contributed by atoms with Crippen molar-refractivity contribution >= 4 is 44.2 Å². The van der Waals surface area contributed by atoms with Gasteiger partial charge in [-0.2, -0.15) is 0 Å². The van der Waals surface area contributed by atoms with Crippen LogP contribution in [0.1, 0.15) is 21.5 Å². The molecule has 27 heavy (non-hydrogen) atoms. The van der Waals surface area contributed by atoms with Crippen molar-refractivity contribution in [3.63, 3.8) is 0 Å². The highest BCUT2D eigenvalue weighted by molar-refractivity contribution is 7.22. The first-order chi connectivity index (χ1) is 13.0. The summed E-state index contributed by atoms with van der Waals surface area (Å²) in [4.78, 5) is 21.3. The monoisotopic (exact) mass is 403 g/mol. The molecule has 0 spiro atoms. The van der Waals surface area contributed by atoms with Crippen LogP contribution in [0.15, 0.2) is 30.3 Å². The van der Waals surface area contributed by atoms with E-state index in [0.717, 1.165) is 10.6 Å². The van der Waals surface area contributed by atoms with Crippen LogP contribution >= 0.6 is 22.9 Å². The van der Waals surface area contributed by atoms with E-state index in [1.54, 1.807) is 22.3 Å². The number of rotatable bonds is 2. The SMILES string of the molecule is Cc1ccc(C)c2sc(N3CCN(C(=O)c4c(F)cccc4Cl)CC3)nc12. The molecule has 2 heterocycles. The number of amides is 1. The topological polar surface area (TPSA) is 36.4 Å². The van der Waals surface area contributed by atoms with Crippen LogP contribution in [-0.2, 0) is 0 Å². The molecule has 0 atom stereocenters. The molecule has 1 fully saturated rings. The van der Waals surface area contributed by atoms with Gasteiger partial charge in [0.2, 0.25) is 0 Å². The molecule has 0 N–H and O–H groups in total. The fourth-order valence-electron chi connectivity index (χ4n) is 3.34. The van der Waals surface area contributed by atoms with Crippen molar-refractivity contribution in [2.75, 3.05) is 31.1 Å². The molecule has 2 aromatic carbocycles. The molecule has 1 aromatic heterocycles. The number of anilines is 1. The smallest absolute Gasteiger partial charge is 0.258 e. The van der Waals surface area contributed by atoms with Crippen LogP contribution in [0, 0.1) is 19.7 Å². The molecule has 1 aliphatic heterocycles. The predicted octanol–water partition coefficient (Wildman–Crippen LogP) is 4.67. The number of benzene rings is 2. The Bertz CT molecular complexity index is 968. The summed E-state index contributed by atoms with van der Waals surface area (Å²) >= 11 is 7.72. The lowest BCUT2D eigenvalue weighted by molar-refractivity contribution is 0.0742. The molecule has 4 nitrogen and oxygen atoms in total. The maximum atomic E-state index is 14.0. The molecule has 0 saturated carbocycles. The fourth-order valence-corrected chi connectivity index (χ4v) is 4.75. The van der Waals surface area contributed by atoms with Crippen LogP contribution in [0.25, 0.3) is 10.2 Å². The number of fused-ring (bicyclic) bond motifs is 1. The van der Waals surface area contributed by atoms with E-state index in [0.29, 0.717) is 26.2 Å². The van der Waals surface area contributed by atoms with Crippen LogP contribution < -0.4 is 4.90 Å². The number of thiazole rings is 1. The van der Waals surface area contributed by atoms with Gasteiger partial charge < -0.3 is 9.80 Å². The first kappa shape index (κ1) is 18.2. The maximum Gasteiger partial charge on any atom is 0.258 e. The van der Waals surface area contributed by atoms with Crippen LogP contribution in [0.3, 0.4) is 0 Å². The molecule has 0 unspecified atom stereocenters. The van der Waals surface area contributed by atoms with Crippen molar-refractivity contribution in [3.05, 3.63) is 57.9 Å². The number of hydrogen-bond donors (Lipinski definition) is 0. The summed E-state index contributed by atoms with van der Waals surface area (Å²) in [6.45, 7) is 6.51. The Kier molecular flexibility index (Phi) is 4.78. The third-order valence-corrected chi connectivity index (χ3v) is 6.51. The Labute approximate surface area is 166 Å². The highest BCUT2D eigenvalue weighted by atomic mass is 35.5. The van der Waals surface area contributed by atoms with Crippen molar-refractivity contribution in [1.29, 1.82) is 0 Å². The summed E-state index contributed by atoms with van der Waals surface area (Å²) in [5.41, 5.74) is 3.40. The minimum absolute atomic E-state index is 0.0427. The first-order valence-corrected chi connectivity index (χ1v) is 10.00. The average molecular weight is 404 g/mol. The molecule has 1 aliphatic rings. The summed E-state index contributed by atoms with van der Waals surface area (Å²) < 4.78 is 15.3. The van der Waals surface area contributed by atoms with Crippen molar-refractivity contribution in [3.8, 4) is 0 Å². The van der Waals surface area contributed by atoms with Crippen molar-refractivity contribution < 1.29 is 9.18 Å². The minimum atomic E-state index is -0.577. The first-order valence-electron chi connectivity index (χ1n) is 8.80. The third kappa shape index (κ3) is 3.28. The van der Waals surface area contributed by atoms with Gasteiger partial charge in [-0.3, -0.25) is 4.79 Å². The zero-order valence-corrected chi connectivity index (χ0v) is 16.7. The number of carbonyl (C=O) groups excluding carboxylic acids is 1. The zero-order chi connectivity index (χ0) is 19.1. The van der Waals surface area contributed by atoms with Crippen molar-refractivity contribution in [2.45, 2.75) is 13.8 Å². The minimum Gasteiger partial charge on any atom is -0.345 e.